The van der Waals surface area contributed by atoms with Crippen molar-refractivity contribution in [3.05, 3.63) is 91.1 Å². The van der Waals surface area contributed by atoms with Gasteiger partial charge in [-0.2, -0.15) is 27.0 Å². The summed E-state index contributed by atoms with van der Waals surface area (Å²) in [5.74, 6) is -0.856. The van der Waals surface area contributed by atoms with Crippen LogP contribution in [0.25, 0.3) is 32.5 Å². The first-order valence-electron chi connectivity index (χ1n) is 16.2. The zero-order valence-electron chi connectivity index (χ0n) is 28.2. The van der Waals surface area contributed by atoms with Crippen LogP contribution in [0.3, 0.4) is 0 Å². The number of nitrogens with one attached hydrogen (secondary N) is 2. The van der Waals surface area contributed by atoms with Crippen LogP contribution in [0.4, 0.5) is 0 Å². The first-order valence-corrected chi connectivity index (χ1v) is 22.2. The lowest BCUT2D eigenvalue weighted by molar-refractivity contribution is 0.0943. The van der Waals surface area contributed by atoms with Crippen molar-refractivity contribution in [2.45, 2.75) is 28.1 Å². The number of amides is 2. The molecule has 4 aromatic heterocycles. The topological polar surface area (TPSA) is 221 Å². The molecule has 0 fully saturated rings. The smallest absolute Gasteiger partial charge is 0.304 e. The molecule has 6 aromatic rings. The summed E-state index contributed by atoms with van der Waals surface area (Å²) < 4.78 is 80.8. The Kier molecular flexibility index (Phi) is 10.3. The van der Waals surface area contributed by atoms with Gasteiger partial charge in [0.1, 0.15) is 24.7 Å². The van der Waals surface area contributed by atoms with Gasteiger partial charge >= 0.3 is 20.2 Å². The fourth-order valence-corrected chi connectivity index (χ4v) is 10.7. The van der Waals surface area contributed by atoms with Crippen LogP contribution in [0.5, 0.6) is 11.5 Å². The Morgan fingerprint density at radius 1 is 0.684 bits per heavy atom. The molecule has 16 nitrogen and oxygen atoms in total. The Hall–Kier alpha value is -4.22. The van der Waals surface area contributed by atoms with Crippen LogP contribution in [-0.2, 0) is 33.5 Å². The van der Waals surface area contributed by atoms with Crippen LogP contribution in [-0.4, -0.2) is 70.4 Å². The van der Waals surface area contributed by atoms with Crippen molar-refractivity contribution in [2.24, 2.45) is 0 Å². The third-order valence-electron chi connectivity index (χ3n) is 8.63. The van der Waals surface area contributed by atoms with Crippen LogP contribution in [0.1, 0.15) is 38.5 Å². The predicted octanol–water partition coefficient (Wildman–Crippen LogP) is 6.96. The maximum absolute atomic E-state index is 13.6. The number of ether oxygens (including phenoxy) is 2. The fourth-order valence-electron chi connectivity index (χ4n) is 6.12. The van der Waals surface area contributed by atoms with E-state index in [0.717, 1.165) is 22.7 Å². The minimum Gasteiger partial charge on any atom is -0.487 e. The van der Waals surface area contributed by atoms with E-state index in [1.54, 1.807) is 24.3 Å². The summed E-state index contributed by atoms with van der Waals surface area (Å²) in [6.45, 7) is -0.152. The van der Waals surface area contributed by atoms with Gasteiger partial charge in [0.05, 0.1) is 42.6 Å². The van der Waals surface area contributed by atoms with E-state index in [2.05, 4.69) is 20.8 Å². The molecule has 0 aliphatic carbocycles. The Labute approximate surface area is 350 Å². The third kappa shape index (κ3) is 7.39. The normalized spacial score (nSPS) is 13.2. The average molecular weight is 933 g/mol. The van der Waals surface area contributed by atoms with Crippen LogP contribution in [0, 0.1) is 0 Å². The lowest BCUT2D eigenvalue weighted by atomic mass is 10.1. The second-order valence-corrected chi connectivity index (χ2v) is 19.4. The highest BCUT2D eigenvalue weighted by Crippen LogP contribution is 2.49. The van der Waals surface area contributed by atoms with E-state index >= 15 is 0 Å². The molecular formula is C33H22Cl4N6O10S4. The second-order valence-electron chi connectivity index (χ2n) is 12.3. The predicted molar refractivity (Wildman–Crippen MR) is 211 cm³/mol. The van der Waals surface area contributed by atoms with E-state index in [4.69, 9.17) is 55.9 Å². The number of carbonyl (C=O) groups is 2. The number of nitrogens with zero attached hydrogens (tertiary/aromatic N) is 4. The van der Waals surface area contributed by atoms with Gasteiger partial charge in [0.25, 0.3) is 11.8 Å². The molecule has 6 heterocycles. The van der Waals surface area contributed by atoms with Gasteiger partial charge in [-0.1, -0.05) is 46.4 Å². The minimum atomic E-state index is -4.57. The van der Waals surface area contributed by atoms with Crippen LogP contribution < -0.4 is 20.1 Å². The van der Waals surface area contributed by atoms with E-state index in [9.17, 15) is 35.5 Å². The number of benzene rings is 2. The van der Waals surface area contributed by atoms with Crippen molar-refractivity contribution in [2.75, 3.05) is 13.1 Å². The van der Waals surface area contributed by atoms with E-state index in [1.807, 2.05) is 0 Å². The summed E-state index contributed by atoms with van der Waals surface area (Å²) in [5.41, 5.74) is 1.98. The first kappa shape index (κ1) is 39.6. The number of carbonyl (C=O) groups excluding carboxylic acids is 2. The highest BCUT2D eigenvalue weighted by Gasteiger charge is 2.36. The molecule has 2 aliphatic heterocycles. The van der Waals surface area contributed by atoms with Crippen molar-refractivity contribution < 1.29 is 45.0 Å². The fraction of sp³-hybridized carbons (Fsp3) is 0.152. The molecule has 4 N–H and O–H groups in total. The molecule has 0 spiro atoms. The first-order chi connectivity index (χ1) is 27.0. The van der Waals surface area contributed by atoms with E-state index in [1.165, 1.54) is 33.6 Å². The molecule has 0 unspecified atom stereocenters. The van der Waals surface area contributed by atoms with Crippen LogP contribution in [0.15, 0.2) is 56.9 Å². The van der Waals surface area contributed by atoms with Gasteiger partial charge < -0.3 is 20.1 Å². The molecule has 0 atom stereocenters. The summed E-state index contributed by atoms with van der Waals surface area (Å²) >= 11 is 26.7. The summed E-state index contributed by atoms with van der Waals surface area (Å²) in [4.78, 5) is 27.8. The van der Waals surface area contributed by atoms with Crippen molar-refractivity contribution in [1.82, 2.24) is 30.2 Å². The van der Waals surface area contributed by atoms with Gasteiger partial charge in [-0.15, -0.1) is 22.7 Å². The summed E-state index contributed by atoms with van der Waals surface area (Å²) in [7, 11) is -9.14. The molecule has 57 heavy (non-hydrogen) atoms. The van der Waals surface area contributed by atoms with Crippen molar-refractivity contribution in [3.63, 3.8) is 0 Å². The molecule has 0 radical (unpaired) electrons. The number of halogens is 4. The maximum atomic E-state index is 13.6. The maximum Gasteiger partial charge on any atom is 0.304 e. The Morgan fingerprint density at radius 3 is 1.46 bits per heavy atom. The summed E-state index contributed by atoms with van der Waals surface area (Å²) in [6.07, 6.45) is 0.252. The van der Waals surface area contributed by atoms with Gasteiger partial charge in [0, 0.05) is 46.4 Å². The monoisotopic (exact) mass is 930 g/mol. The lowest BCUT2D eigenvalue weighted by Crippen LogP contribution is -2.31. The number of rotatable bonds is 10. The van der Waals surface area contributed by atoms with Gasteiger partial charge in [0.15, 0.2) is 19.8 Å². The van der Waals surface area contributed by atoms with Crippen molar-refractivity contribution >= 4 is 101 Å². The van der Waals surface area contributed by atoms with Gasteiger partial charge in [-0.05, 0) is 42.8 Å². The number of thiophene rings is 2. The number of hydrogen-bond acceptors (Lipinski definition) is 12. The number of aromatic nitrogens is 4. The largest absolute Gasteiger partial charge is 0.487 e. The Morgan fingerprint density at radius 2 is 1.09 bits per heavy atom. The minimum absolute atomic E-state index is 0.0318. The molecule has 2 amide bonds. The molecule has 0 saturated carbocycles. The van der Waals surface area contributed by atoms with Crippen molar-refractivity contribution in [1.29, 1.82) is 0 Å². The molecule has 0 saturated heterocycles. The molecule has 24 heteroatoms. The van der Waals surface area contributed by atoms with E-state index in [-0.39, 0.29) is 74.1 Å². The SMILES string of the molecule is O=C(NCCCNC(=O)c1nn(-c2ccc(Cl)cc2Cl)c2c1COc1cc(S(=O)(=O)O)sc1-2)c1nn(-c2ccc(Cl)cc2Cl)c2c1COc1cc(S(=O)(=O)O)sc1-2. The standard InChI is InChI=1S/C33H22Cl4N6O10S4/c34-14-2-4-20(18(36)8-14)42-28-16(12-52-22-10-24(54-30(22)28)56(46,47)48)26(40-42)32(44)38-6-1-7-39-33(45)27-17-13-53-23-11-25(57(49,50)51)55-31(23)29(17)43(41-27)21-5-3-15(35)9-19(21)37/h2-5,8-11H,1,6-7,12-13H2,(H,38,44)(H,39,45)(H,46,47,48)(H,49,50,51). The summed E-state index contributed by atoms with van der Waals surface area (Å²) in [6, 6.07) is 11.7. The average Bonchev–Trinajstić information content (AvgIpc) is 3.93. The molecule has 8 rings (SSSR count). The van der Waals surface area contributed by atoms with Gasteiger partial charge in [0.2, 0.25) is 0 Å². The third-order valence-corrected chi connectivity index (χ3v) is 14.6. The Balaban J connectivity index is 1.01. The van der Waals surface area contributed by atoms with Crippen molar-refractivity contribution in [3.8, 4) is 44.0 Å². The quantitative estimate of drug-likeness (QED) is 0.0810. The lowest BCUT2D eigenvalue weighted by Gasteiger charge is -2.17. The molecule has 296 valence electrons. The van der Waals surface area contributed by atoms with E-state index in [0.29, 0.717) is 53.7 Å². The van der Waals surface area contributed by atoms with Crippen LogP contribution >= 0.6 is 69.1 Å². The molecule has 2 aliphatic rings. The Bertz CT molecular complexity index is 2710. The molecule has 2 aromatic carbocycles. The number of hydrogen-bond donors (Lipinski definition) is 4. The second kappa shape index (κ2) is 14.9. The number of fused-ring (bicyclic) bond motifs is 6. The van der Waals surface area contributed by atoms with Crippen LogP contribution in [0.2, 0.25) is 20.1 Å². The summed E-state index contributed by atoms with van der Waals surface area (Å²) in [5, 5.41) is 15.7. The zero-order chi connectivity index (χ0) is 40.6. The van der Waals surface area contributed by atoms with Gasteiger partial charge in [-0.25, -0.2) is 9.36 Å². The highest BCUT2D eigenvalue weighted by atomic mass is 35.5. The van der Waals surface area contributed by atoms with E-state index < -0.39 is 32.1 Å². The molecule has 0 bridgehead atoms. The van der Waals surface area contributed by atoms with Gasteiger partial charge in [-0.3, -0.25) is 18.7 Å². The molecular weight excluding hydrogens is 910 g/mol. The highest BCUT2D eigenvalue weighted by molar-refractivity contribution is 7.88. The zero-order valence-corrected chi connectivity index (χ0v) is 34.5.